The summed E-state index contributed by atoms with van der Waals surface area (Å²) in [4.78, 5) is 40.9. The molecule has 0 saturated heterocycles. The third-order valence-electron chi connectivity index (χ3n) is 4.64. The summed E-state index contributed by atoms with van der Waals surface area (Å²) in [6.07, 6.45) is 2.57. The van der Waals surface area contributed by atoms with E-state index in [9.17, 15) is 18.8 Å². The van der Waals surface area contributed by atoms with Crippen LogP contribution in [0.5, 0.6) is 0 Å². The number of rotatable bonds is 7. The SMILES string of the molecule is CC(C)(C)OC(=O)CCCCc1nc2cc(C=O)ccc2c(=O)n1-c1ccc(F)cc1. The third-order valence-corrected chi connectivity index (χ3v) is 4.64. The number of aldehydes is 1. The van der Waals surface area contributed by atoms with Gasteiger partial charge in [-0.05, 0) is 70.0 Å². The van der Waals surface area contributed by atoms with Crippen molar-refractivity contribution in [1.29, 1.82) is 0 Å². The Balaban J connectivity index is 1.91. The first-order valence-corrected chi connectivity index (χ1v) is 10.2. The smallest absolute Gasteiger partial charge is 0.306 e. The number of carbonyl (C=O) groups excluding carboxylic acids is 2. The second-order valence-corrected chi connectivity index (χ2v) is 8.33. The predicted octanol–water partition coefficient (Wildman–Crippen LogP) is 4.39. The molecule has 1 aromatic heterocycles. The molecule has 2 aromatic carbocycles. The molecule has 0 aliphatic carbocycles. The van der Waals surface area contributed by atoms with Crippen molar-refractivity contribution in [1.82, 2.24) is 9.55 Å². The van der Waals surface area contributed by atoms with Crippen molar-refractivity contribution in [2.75, 3.05) is 0 Å². The van der Waals surface area contributed by atoms with Crippen LogP contribution in [0, 0.1) is 5.82 Å². The Labute approximate surface area is 179 Å². The fraction of sp³-hybridized carbons (Fsp3) is 0.333. The van der Waals surface area contributed by atoms with E-state index in [-0.39, 0.29) is 17.9 Å². The number of ether oxygens (including phenoxy) is 1. The molecule has 0 spiro atoms. The quantitative estimate of drug-likeness (QED) is 0.319. The molecule has 0 unspecified atom stereocenters. The van der Waals surface area contributed by atoms with Gasteiger partial charge in [0.15, 0.2) is 0 Å². The summed E-state index contributed by atoms with van der Waals surface area (Å²) in [5, 5.41) is 0.368. The van der Waals surface area contributed by atoms with E-state index in [1.807, 2.05) is 20.8 Å². The van der Waals surface area contributed by atoms with Gasteiger partial charge in [0.05, 0.1) is 16.6 Å². The number of benzene rings is 2. The van der Waals surface area contributed by atoms with Gasteiger partial charge in [0.25, 0.3) is 5.56 Å². The summed E-state index contributed by atoms with van der Waals surface area (Å²) in [5.41, 5.74) is 0.527. The van der Waals surface area contributed by atoms with Crippen LogP contribution < -0.4 is 5.56 Å². The number of aryl methyl sites for hydroxylation is 1. The number of carbonyl (C=O) groups is 2. The summed E-state index contributed by atoms with van der Waals surface area (Å²) in [7, 11) is 0. The molecule has 0 fully saturated rings. The average Bonchev–Trinajstić information content (AvgIpc) is 2.70. The van der Waals surface area contributed by atoms with Crippen LogP contribution in [-0.2, 0) is 16.0 Å². The van der Waals surface area contributed by atoms with Crippen LogP contribution in [-0.4, -0.2) is 27.4 Å². The lowest BCUT2D eigenvalue weighted by molar-refractivity contribution is -0.154. The van der Waals surface area contributed by atoms with Gasteiger partial charge < -0.3 is 4.74 Å². The summed E-state index contributed by atoms with van der Waals surface area (Å²) in [6, 6.07) is 10.3. The minimum Gasteiger partial charge on any atom is -0.460 e. The predicted molar refractivity (Wildman–Crippen MR) is 116 cm³/mol. The Hall–Kier alpha value is -3.35. The van der Waals surface area contributed by atoms with Crippen LogP contribution in [0.2, 0.25) is 0 Å². The van der Waals surface area contributed by atoms with Crippen LogP contribution in [0.1, 0.15) is 56.2 Å². The standard InChI is InChI=1S/C24H25FN2O4/c1-24(2,3)31-22(29)7-5-4-6-21-26-20-14-16(15-28)8-13-19(20)23(30)27(21)18-11-9-17(25)10-12-18/h8-15H,4-7H2,1-3H3. The summed E-state index contributed by atoms with van der Waals surface area (Å²) in [5.74, 6) is -0.193. The maximum Gasteiger partial charge on any atom is 0.306 e. The minimum absolute atomic E-state index is 0.265. The van der Waals surface area contributed by atoms with Gasteiger partial charge in [-0.1, -0.05) is 6.07 Å². The number of nitrogens with zero attached hydrogens (tertiary/aromatic N) is 2. The van der Waals surface area contributed by atoms with E-state index in [1.165, 1.54) is 28.8 Å². The highest BCUT2D eigenvalue weighted by atomic mass is 19.1. The van der Waals surface area contributed by atoms with E-state index >= 15 is 0 Å². The zero-order valence-electron chi connectivity index (χ0n) is 17.9. The molecule has 0 amide bonds. The molecule has 31 heavy (non-hydrogen) atoms. The van der Waals surface area contributed by atoms with Crippen molar-refractivity contribution in [3.8, 4) is 5.69 Å². The van der Waals surface area contributed by atoms with E-state index in [0.29, 0.717) is 53.5 Å². The van der Waals surface area contributed by atoms with Crippen LogP contribution in [0.3, 0.4) is 0 Å². The van der Waals surface area contributed by atoms with Crippen molar-refractivity contribution < 1.29 is 18.7 Å². The molecule has 0 N–H and O–H groups in total. The number of halogens is 1. The van der Waals surface area contributed by atoms with Gasteiger partial charge in [-0.15, -0.1) is 0 Å². The molecular weight excluding hydrogens is 399 g/mol. The molecule has 3 rings (SSSR count). The lowest BCUT2D eigenvalue weighted by Gasteiger charge is -2.19. The van der Waals surface area contributed by atoms with E-state index in [0.717, 1.165) is 0 Å². The molecule has 6 nitrogen and oxygen atoms in total. The Bertz CT molecular complexity index is 1160. The largest absolute Gasteiger partial charge is 0.460 e. The maximum atomic E-state index is 13.4. The third kappa shape index (κ3) is 5.63. The molecule has 0 aliphatic rings. The Morgan fingerprint density at radius 3 is 2.48 bits per heavy atom. The highest BCUT2D eigenvalue weighted by Crippen LogP contribution is 2.17. The van der Waals surface area contributed by atoms with Gasteiger partial charge in [-0.25, -0.2) is 9.37 Å². The normalized spacial score (nSPS) is 11.5. The monoisotopic (exact) mass is 424 g/mol. The number of esters is 1. The van der Waals surface area contributed by atoms with Gasteiger partial charge in [-0.3, -0.25) is 19.0 Å². The second-order valence-electron chi connectivity index (χ2n) is 8.33. The van der Waals surface area contributed by atoms with Crippen molar-refractivity contribution in [3.05, 3.63) is 70.0 Å². The van der Waals surface area contributed by atoms with Gasteiger partial charge in [0, 0.05) is 18.4 Å². The number of aromatic nitrogens is 2. The van der Waals surface area contributed by atoms with Gasteiger partial charge in [0.2, 0.25) is 0 Å². The number of unbranched alkanes of at least 4 members (excludes halogenated alkanes) is 1. The van der Waals surface area contributed by atoms with E-state index in [4.69, 9.17) is 4.74 Å². The Kier molecular flexibility index (Phi) is 6.63. The molecular formula is C24H25FN2O4. The molecule has 3 aromatic rings. The van der Waals surface area contributed by atoms with Crippen LogP contribution in [0.15, 0.2) is 47.3 Å². The van der Waals surface area contributed by atoms with Crippen molar-refractivity contribution >= 4 is 23.2 Å². The molecule has 0 radical (unpaired) electrons. The van der Waals surface area contributed by atoms with E-state index < -0.39 is 11.4 Å². The van der Waals surface area contributed by atoms with E-state index in [1.54, 1.807) is 18.2 Å². The fourth-order valence-electron chi connectivity index (χ4n) is 3.29. The van der Waals surface area contributed by atoms with Gasteiger partial charge in [-0.2, -0.15) is 0 Å². The molecule has 0 atom stereocenters. The van der Waals surface area contributed by atoms with Crippen molar-refractivity contribution in [2.24, 2.45) is 0 Å². The van der Waals surface area contributed by atoms with E-state index in [2.05, 4.69) is 4.98 Å². The number of hydrogen-bond donors (Lipinski definition) is 0. The van der Waals surface area contributed by atoms with Crippen LogP contribution >= 0.6 is 0 Å². The summed E-state index contributed by atoms with van der Waals surface area (Å²) in [6.45, 7) is 5.45. The first kappa shape index (κ1) is 22.3. The highest BCUT2D eigenvalue weighted by Gasteiger charge is 2.17. The molecule has 1 heterocycles. The van der Waals surface area contributed by atoms with Crippen LogP contribution in [0.4, 0.5) is 4.39 Å². The maximum absolute atomic E-state index is 13.4. The first-order valence-electron chi connectivity index (χ1n) is 10.2. The zero-order valence-corrected chi connectivity index (χ0v) is 17.9. The lowest BCUT2D eigenvalue weighted by Crippen LogP contribution is -2.24. The molecule has 162 valence electrons. The number of fused-ring (bicyclic) bond motifs is 1. The average molecular weight is 424 g/mol. The summed E-state index contributed by atoms with van der Waals surface area (Å²) >= 11 is 0. The Morgan fingerprint density at radius 2 is 1.84 bits per heavy atom. The van der Waals surface area contributed by atoms with Gasteiger partial charge >= 0.3 is 5.97 Å². The van der Waals surface area contributed by atoms with Crippen molar-refractivity contribution in [2.45, 2.75) is 52.1 Å². The molecule has 0 bridgehead atoms. The fourth-order valence-corrected chi connectivity index (χ4v) is 3.29. The highest BCUT2D eigenvalue weighted by molar-refractivity contribution is 5.86. The Morgan fingerprint density at radius 1 is 1.13 bits per heavy atom. The number of hydrogen-bond acceptors (Lipinski definition) is 5. The second kappa shape index (κ2) is 9.20. The lowest BCUT2D eigenvalue weighted by atomic mass is 10.1. The zero-order chi connectivity index (χ0) is 22.6. The summed E-state index contributed by atoms with van der Waals surface area (Å²) < 4.78 is 20.2. The van der Waals surface area contributed by atoms with Gasteiger partial charge in [0.1, 0.15) is 23.5 Å². The molecule has 7 heteroatoms. The minimum atomic E-state index is -0.531. The molecule has 0 aliphatic heterocycles. The van der Waals surface area contributed by atoms with Crippen molar-refractivity contribution in [3.63, 3.8) is 0 Å². The van der Waals surface area contributed by atoms with Crippen LogP contribution in [0.25, 0.3) is 16.6 Å². The molecule has 0 saturated carbocycles. The topological polar surface area (TPSA) is 78.3 Å². The first-order chi connectivity index (χ1) is 14.7.